The van der Waals surface area contributed by atoms with E-state index in [0.29, 0.717) is 0 Å². The molecule has 1 atom stereocenters. The van der Waals surface area contributed by atoms with Crippen LogP contribution >= 0.6 is 0 Å². The molecular weight excluding hydrogens is 304 g/mol. The van der Waals surface area contributed by atoms with Crippen molar-refractivity contribution in [2.45, 2.75) is 25.5 Å². The molecule has 4 rings (SSSR count). The van der Waals surface area contributed by atoms with Gasteiger partial charge in [0.25, 0.3) is 0 Å². The van der Waals surface area contributed by atoms with Crippen LogP contribution in [0.2, 0.25) is 0 Å². The van der Waals surface area contributed by atoms with Crippen molar-refractivity contribution in [3.8, 4) is 11.1 Å². The van der Waals surface area contributed by atoms with E-state index >= 15 is 0 Å². The standard InChI is InChI=1S/C18H20N4O2/c23-11-13-4-1-2-6-15(13)16-10-20-22-17(7-8-19-18(16)22)21-9-3-5-14(21)12-24/h1-2,4,6-8,10,14,23-24H,3,5,9,11-12H2/t14-/m0/s1. The highest BCUT2D eigenvalue weighted by molar-refractivity contribution is 5.80. The Bertz CT molecular complexity index is 861. The predicted octanol–water partition coefficient (Wildman–Crippen LogP) is 1.85. The molecular formula is C18H20N4O2. The maximum atomic E-state index is 9.61. The van der Waals surface area contributed by atoms with Crippen molar-refractivity contribution in [2.75, 3.05) is 18.1 Å². The fraction of sp³-hybridized carbons (Fsp3) is 0.333. The SMILES string of the molecule is OCc1ccccc1-c1cnn2c(N3CCC[C@H]3CO)ccnc12. The molecule has 0 unspecified atom stereocenters. The van der Waals surface area contributed by atoms with E-state index in [9.17, 15) is 10.2 Å². The molecule has 1 aliphatic rings. The zero-order valence-corrected chi connectivity index (χ0v) is 13.3. The molecule has 2 aromatic heterocycles. The first-order valence-corrected chi connectivity index (χ1v) is 8.23. The van der Waals surface area contributed by atoms with Crippen LogP contribution < -0.4 is 4.90 Å². The Morgan fingerprint density at radius 3 is 2.83 bits per heavy atom. The van der Waals surface area contributed by atoms with Crippen molar-refractivity contribution in [1.29, 1.82) is 0 Å². The highest BCUT2D eigenvalue weighted by atomic mass is 16.3. The number of fused-ring (bicyclic) bond motifs is 1. The van der Waals surface area contributed by atoms with Gasteiger partial charge < -0.3 is 15.1 Å². The third-order valence-electron chi connectivity index (χ3n) is 4.74. The minimum absolute atomic E-state index is 0.0219. The highest BCUT2D eigenvalue weighted by Gasteiger charge is 2.26. The number of hydrogen-bond acceptors (Lipinski definition) is 5. The topological polar surface area (TPSA) is 73.9 Å². The van der Waals surface area contributed by atoms with E-state index < -0.39 is 0 Å². The van der Waals surface area contributed by atoms with Gasteiger partial charge in [-0.1, -0.05) is 24.3 Å². The van der Waals surface area contributed by atoms with Gasteiger partial charge in [-0.05, 0) is 30.0 Å². The summed E-state index contributed by atoms with van der Waals surface area (Å²) in [7, 11) is 0. The van der Waals surface area contributed by atoms with Crippen molar-refractivity contribution in [2.24, 2.45) is 0 Å². The molecule has 124 valence electrons. The van der Waals surface area contributed by atoms with E-state index in [1.54, 1.807) is 12.4 Å². The van der Waals surface area contributed by atoms with Gasteiger partial charge in [0.2, 0.25) is 0 Å². The Morgan fingerprint density at radius 2 is 2.00 bits per heavy atom. The normalized spacial score (nSPS) is 17.8. The molecule has 0 amide bonds. The van der Waals surface area contributed by atoms with Gasteiger partial charge in [-0.2, -0.15) is 9.61 Å². The Morgan fingerprint density at radius 1 is 1.12 bits per heavy atom. The largest absolute Gasteiger partial charge is 0.394 e. The summed E-state index contributed by atoms with van der Waals surface area (Å²) in [6.07, 6.45) is 5.63. The van der Waals surface area contributed by atoms with Gasteiger partial charge >= 0.3 is 0 Å². The number of aromatic nitrogens is 3. The van der Waals surface area contributed by atoms with Gasteiger partial charge in [0.1, 0.15) is 5.82 Å². The maximum Gasteiger partial charge on any atom is 0.165 e. The zero-order valence-electron chi connectivity index (χ0n) is 13.3. The second-order valence-electron chi connectivity index (χ2n) is 6.08. The lowest BCUT2D eigenvalue weighted by Crippen LogP contribution is -2.33. The van der Waals surface area contributed by atoms with Crippen LogP contribution in [0.3, 0.4) is 0 Å². The monoisotopic (exact) mass is 324 g/mol. The van der Waals surface area contributed by atoms with Gasteiger partial charge in [0.15, 0.2) is 5.65 Å². The van der Waals surface area contributed by atoms with Crippen molar-refractivity contribution in [3.05, 3.63) is 48.3 Å². The summed E-state index contributed by atoms with van der Waals surface area (Å²) < 4.78 is 1.83. The van der Waals surface area contributed by atoms with Crippen molar-refractivity contribution < 1.29 is 10.2 Å². The summed E-state index contributed by atoms with van der Waals surface area (Å²) in [6, 6.07) is 9.82. The quantitative estimate of drug-likeness (QED) is 0.766. The first-order chi connectivity index (χ1) is 11.8. The number of aliphatic hydroxyl groups is 2. The molecule has 0 radical (unpaired) electrons. The molecule has 24 heavy (non-hydrogen) atoms. The zero-order chi connectivity index (χ0) is 16.5. The summed E-state index contributed by atoms with van der Waals surface area (Å²) in [6.45, 7) is 1.03. The second-order valence-corrected chi connectivity index (χ2v) is 6.08. The number of aliphatic hydroxyl groups excluding tert-OH is 2. The van der Waals surface area contributed by atoms with E-state index in [4.69, 9.17) is 0 Å². The van der Waals surface area contributed by atoms with Crippen LogP contribution in [0.4, 0.5) is 5.82 Å². The molecule has 6 heteroatoms. The molecule has 2 N–H and O–H groups in total. The summed E-state index contributed by atoms with van der Waals surface area (Å²) >= 11 is 0. The molecule has 1 aliphatic heterocycles. The van der Waals surface area contributed by atoms with Crippen LogP contribution in [0.5, 0.6) is 0 Å². The molecule has 0 bridgehead atoms. The van der Waals surface area contributed by atoms with Gasteiger partial charge in [0.05, 0.1) is 25.5 Å². The smallest absolute Gasteiger partial charge is 0.165 e. The van der Waals surface area contributed by atoms with E-state index in [0.717, 1.165) is 47.5 Å². The molecule has 0 saturated carbocycles. The first-order valence-electron chi connectivity index (χ1n) is 8.23. The molecule has 0 aliphatic carbocycles. The van der Waals surface area contributed by atoms with Crippen molar-refractivity contribution in [1.82, 2.24) is 14.6 Å². The Kier molecular flexibility index (Phi) is 3.92. The van der Waals surface area contributed by atoms with Gasteiger partial charge in [-0.15, -0.1) is 0 Å². The molecule has 1 fully saturated rings. The molecule has 1 aromatic carbocycles. The molecule has 3 heterocycles. The minimum Gasteiger partial charge on any atom is -0.394 e. The average Bonchev–Trinajstić information content (AvgIpc) is 3.28. The third-order valence-corrected chi connectivity index (χ3v) is 4.74. The maximum absolute atomic E-state index is 9.61. The van der Waals surface area contributed by atoms with E-state index in [1.807, 2.05) is 34.8 Å². The summed E-state index contributed by atoms with van der Waals surface area (Å²) in [4.78, 5) is 6.70. The van der Waals surface area contributed by atoms with E-state index in [1.165, 1.54) is 0 Å². The fourth-order valence-electron chi connectivity index (χ4n) is 3.53. The first kappa shape index (κ1) is 15.1. The van der Waals surface area contributed by atoms with Crippen LogP contribution in [0.25, 0.3) is 16.8 Å². The van der Waals surface area contributed by atoms with E-state index in [-0.39, 0.29) is 19.3 Å². The number of anilines is 1. The number of hydrogen-bond donors (Lipinski definition) is 2. The van der Waals surface area contributed by atoms with Gasteiger partial charge in [-0.25, -0.2) is 4.98 Å². The highest BCUT2D eigenvalue weighted by Crippen LogP contribution is 2.31. The second kappa shape index (κ2) is 6.22. The lowest BCUT2D eigenvalue weighted by atomic mass is 10.0. The van der Waals surface area contributed by atoms with E-state index in [2.05, 4.69) is 15.0 Å². The van der Waals surface area contributed by atoms with Crippen LogP contribution in [0.1, 0.15) is 18.4 Å². The molecule has 1 saturated heterocycles. The number of rotatable bonds is 4. The van der Waals surface area contributed by atoms with Gasteiger partial charge in [-0.3, -0.25) is 0 Å². The third kappa shape index (κ3) is 2.35. The molecule has 6 nitrogen and oxygen atoms in total. The summed E-state index contributed by atoms with van der Waals surface area (Å²) in [5.41, 5.74) is 3.46. The van der Waals surface area contributed by atoms with Gasteiger partial charge in [0, 0.05) is 18.3 Å². The molecule has 0 spiro atoms. The summed E-state index contributed by atoms with van der Waals surface area (Å²) in [5, 5.41) is 23.7. The Labute approximate surface area is 140 Å². The van der Waals surface area contributed by atoms with Crippen LogP contribution in [-0.2, 0) is 6.61 Å². The lowest BCUT2D eigenvalue weighted by Gasteiger charge is -2.25. The van der Waals surface area contributed by atoms with Crippen LogP contribution in [0, 0.1) is 0 Å². The molecule has 3 aromatic rings. The average molecular weight is 324 g/mol. The van der Waals surface area contributed by atoms with Crippen molar-refractivity contribution >= 4 is 11.5 Å². The Hall–Kier alpha value is -2.44. The summed E-state index contributed by atoms with van der Waals surface area (Å²) in [5.74, 6) is 0.948. The fourth-order valence-corrected chi connectivity index (χ4v) is 3.53. The number of benzene rings is 1. The van der Waals surface area contributed by atoms with Crippen LogP contribution in [-0.4, -0.2) is 44.0 Å². The van der Waals surface area contributed by atoms with Crippen molar-refractivity contribution in [3.63, 3.8) is 0 Å². The van der Waals surface area contributed by atoms with Crippen LogP contribution in [0.15, 0.2) is 42.7 Å². The predicted molar refractivity (Wildman–Crippen MR) is 91.8 cm³/mol. The number of nitrogens with zero attached hydrogens (tertiary/aromatic N) is 4. The minimum atomic E-state index is -0.0219. The lowest BCUT2D eigenvalue weighted by molar-refractivity contribution is 0.265. The Balaban J connectivity index is 1.85.